The minimum atomic E-state index is 0.122. The van der Waals surface area contributed by atoms with Crippen molar-refractivity contribution in [2.75, 3.05) is 0 Å². The van der Waals surface area contributed by atoms with E-state index in [0.29, 0.717) is 6.04 Å². The summed E-state index contributed by atoms with van der Waals surface area (Å²) in [6, 6.07) is 0.334. The molecule has 1 atom stereocenters. The van der Waals surface area contributed by atoms with Crippen LogP contribution in [-0.4, -0.2) is 15.2 Å². The Balaban J connectivity index is 2.72. The first kappa shape index (κ1) is 14.8. The summed E-state index contributed by atoms with van der Waals surface area (Å²) in [5.41, 5.74) is 1.22. The summed E-state index contributed by atoms with van der Waals surface area (Å²) in [6.07, 6.45) is 3.52. The molecular formula is C13H22Cl2N2. The van der Waals surface area contributed by atoms with E-state index in [1.165, 1.54) is 0 Å². The summed E-state index contributed by atoms with van der Waals surface area (Å²) in [5.74, 6) is 0. The predicted molar refractivity (Wildman–Crippen MR) is 75.0 cm³/mol. The average Bonchev–Trinajstić information content (AvgIpc) is 2.54. The number of alkyl halides is 1. The van der Waals surface area contributed by atoms with Gasteiger partial charge in [0.15, 0.2) is 0 Å². The molecule has 4 heteroatoms. The molecule has 0 radical (unpaired) electrons. The second-order valence-corrected chi connectivity index (χ2v) is 6.78. The zero-order valence-corrected chi connectivity index (χ0v) is 12.8. The SMILES string of the molecule is CC(C)n1ncc(Cl)c1CCC(Cl)C(C)(C)C. The molecule has 0 spiro atoms. The molecule has 1 aromatic rings. The second kappa shape index (κ2) is 5.62. The van der Waals surface area contributed by atoms with Crippen molar-refractivity contribution in [1.82, 2.24) is 9.78 Å². The van der Waals surface area contributed by atoms with Crippen molar-refractivity contribution in [3.05, 3.63) is 16.9 Å². The molecule has 0 N–H and O–H groups in total. The number of aromatic nitrogens is 2. The molecule has 0 amide bonds. The first-order chi connectivity index (χ1) is 7.73. The normalized spacial score (nSPS) is 14.4. The lowest BCUT2D eigenvalue weighted by atomic mass is 9.89. The summed E-state index contributed by atoms with van der Waals surface area (Å²) in [6.45, 7) is 10.7. The van der Waals surface area contributed by atoms with E-state index in [0.717, 1.165) is 23.6 Å². The van der Waals surface area contributed by atoms with Crippen molar-refractivity contribution in [2.45, 2.75) is 58.9 Å². The Morgan fingerprint density at radius 1 is 1.35 bits per heavy atom. The molecule has 17 heavy (non-hydrogen) atoms. The van der Waals surface area contributed by atoms with Crippen LogP contribution in [0.2, 0.25) is 5.02 Å². The Kier molecular flexibility index (Phi) is 4.91. The van der Waals surface area contributed by atoms with Crippen molar-refractivity contribution in [2.24, 2.45) is 5.41 Å². The molecule has 0 aliphatic rings. The molecular weight excluding hydrogens is 255 g/mol. The molecule has 0 aromatic carbocycles. The average molecular weight is 277 g/mol. The third kappa shape index (κ3) is 3.89. The molecule has 1 rings (SSSR count). The minimum Gasteiger partial charge on any atom is -0.266 e. The Labute approximate surface area is 114 Å². The van der Waals surface area contributed by atoms with E-state index in [9.17, 15) is 0 Å². The molecule has 1 unspecified atom stereocenters. The van der Waals surface area contributed by atoms with Gasteiger partial charge in [0.1, 0.15) is 0 Å². The number of rotatable bonds is 4. The van der Waals surface area contributed by atoms with Crippen LogP contribution in [-0.2, 0) is 6.42 Å². The predicted octanol–water partition coefficient (Wildman–Crippen LogP) is 4.70. The third-order valence-electron chi connectivity index (χ3n) is 2.91. The van der Waals surface area contributed by atoms with Crippen LogP contribution in [0, 0.1) is 5.41 Å². The molecule has 0 fully saturated rings. The van der Waals surface area contributed by atoms with Gasteiger partial charge in [-0.05, 0) is 32.1 Å². The fourth-order valence-corrected chi connectivity index (χ4v) is 2.08. The van der Waals surface area contributed by atoms with E-state index < -0.39 is 0 Å². The van der Waals surface area contributed by atoms with Crippen LogP contribution in [0.3, 0.4) is 0 Å². The van der Waals surface area contributed by atoms with Gasteiger partial charge in [-0.15, -0.1) is 11.6 Å². The fourth-order valence-electron chi connectivity index (χ4n) is 1.74. The third-order valence-corrected chi connectivity index (χ3v) is 4.10. The van der Waals surface area contributed by atoms with Crippen LogP contribution >= 0.6 is 23.2 Å². The highest BCUT2D eigenvalue weighted by Gasteiger charge is 2.23. The van der Waals surface area contributed by atoms with Crippen LogP contribution in [0.5, 0.6) is 0 Å². The fraction of sp³-hybridized carbons (Fsp3) is 0.769. The molecule has 2 nitrogen and oxygen atoms in total. The van der Waals surface area contributed by atoms with Gasteiger partial charge in [0.05, 0.1) is 16.9 Å². The lowest BCUT2D eigenvalue weighted by molar-refractivity contribution is 0.370. The molecule has 0 saturated carbocycles. The Bertz CT molecular complexity index is 364. The Hall–Kier alpha value is -0.210. The van der Waals surface area contributed by atoms with Gasteiger partial charge in [0, 0.05) is 11.4 Å². The van der Waals surface area contributed by atoms with E-state index >= 15 is 0 Å². The largest absolute Gasteiger partial charge is 0.266 e. The van der Waals surface area contributed by atoms with Crippen LogP contribution in [0.1, 0.15) is 52.8 Å². The lowest BCUT2D eigenvalue weighted by Gasteiger charge is -2.25. The maximum Gasteiger partial charge on any atom is 0.0817 e. The molecule has 0 bridgehead atoms. The van der Waals surface area contributed by atoms with Crippen molar-refractivity contribution >= 4 is 23.2 Å². The van der Waals surface area contributed by atoms with E-state index in [-0.39, 0.29) is 10.8 Å². The zero-order chi connectivity index (χ0) is 13.2. The maximum absolute atomic E-state index is 6.39. The van der Waals surface area contributed by atoms with E-state index in [1.54, 1.807) is 6.20 Å². The van der Waals surface area contributed by atoms with Gasteiger partial charge in [0.25, 0.3) is 0 Å². The smallest absolute Gasteiger partial charge is 0.0817 e. The van der Waals surface area contributed by atoms with Crippen LogP contribution < -0.4 is 0 Å². The van der Waals surface area contributed by atoms with Gasteiger partial charge >= 0.3 is 0 Å². The van der Waals surface area contributed by atoms with Gasteiger partial charge in [-0.25, -0.2) is 0 Å². The zero-order valence-electron chi connectivity index (χ0n) is 11.3. The van der Waals surface area contributed by atoms with E-state index in [2.05, 4.69) is 39.7 Å². The molecule has 0 aliphatic heterocycles. The van der Waals surface area contributed by atoms with E-state index in [1.807, 2.05) is 4.68 Å². The summed E-state index contributed by atoms with van der Waals surface area (Å²) >= 11 is 12.5. The topological polar surface area (TPSA) is 17.8 Å². The highest BCUT2D eigenvalue weighted by molar-refractivity contribution is 6.31. The first-order valence-corrected chi connectivity index (χ1v) is 6.91. The minimum absolute atomic E-state index is 0.122. The molecule has 1 heterocycles. The number of nitrogens with zero attached hydrogens (tertiary/aromatic N) is 2. The summed E-state index contributed by atoms with van der Waals surface area (Å²) in [5, 5.41) is 5.19. The van der Waals surface area contributed by atoms with Gasteiger partial charge in [0.2, 0.25) is 0 Å². The van der Waals surface area contributed by atoms with Crippen molar-refractivity contribution < 1.29 is 0 Å². The number of hydrogen-bond donors (Lipinski definition) is 0. The standard InChI is InChI=1S/C13H22Cl2N2/c1-9(2)17-11(10(14)8-16-17)6-7-12(15)13(3,4)5/h8-9,12H,6-7H2,1-5H3. The molecule has 1 aromatic heterocycles. The highest BCUT2D eigenvalue weighted by Crippen LogP contribution is 2.29. The van der Waals surface area contributed by atoms with Crippen molar-refractivity contribution in [3.63, 3.8) is 0 Å². The van der Waals surface area contributed by atoms with E-state index in [4.69, 9.17) is 23.2 Å². The quantitative estimate of drug-likeness (QED) is 0.729. The monoisotopic (exact) mass is 276 g/mol. The highest BCUT2D eigenvalue weighted by atomic mass is 35.5. The van der Waals surface area contributed by atoms with Crippen LogP contribution in [0.25, 0.3) is 0 Å². The molecule has 0 saturated heterocycles. The Morgan fingerprint density at radius 2 is 1.94 bits per heavy atom. The van der Waals surface area contributed by atoms with Crippen molar-refractivity contribution in [1.29, 1.82) is 0 Å². The second-order valence-electron chi connectivity index (χ2n) is 5.85. The Morgan fingerprint density at radius 3 is 2.41 bits per heavy atom. The van der Waals surface area contributed by atoms with Gasteiger partial charge < -0.3 is 0 Å². The van der Waals surface area contributed by atoms with Gasteiger partial charge in [-0.3, -0.25) is 4.68 Å². The maximum atomic E-state index is 6.39. The van der Waals surface area contributed by atoms with Crippen molar-refractivity contribution in [3.8, 4) is 0 Å². The number of halogens is 2. The van der Waals surface area contributed by atoms with Gasteiger partial charge in [-0.1, -0.05) is 32.4 Å². The summed E-state index contributed by atoms with van der Waals surface area (Å²) < 4.78 is 1.98. The summed E-state index contributed by atoms with van der Waals surface area (Å²) in [4.78, 5) is 0. The van der Waals surface area contributed by atoms with Gasteiger partial charge in [-0.2, -0.15) is 5.10 Å². The molecule has 0 aliphatic carbocycles. The van der Waals surface area contributed by atoms with Crippen LogP contribution in [0.15, 0.2) is 6.20 Å². The summed E-state index contributed by atoms with van der Waals surface area (Å²) in [7, 11) is 0. The van der Waals surface area contributed by atoms with Crippen LogP contribution in [0.4, 0.5) is 0 Å². The number of hydrogen-bond acceptors (Lipinski definition) is 1. The first-order valence-electron chi connectivity index (χ1n) is 6.09. The lowest BCUT2D eigenvalue weighted by Crippen LogP contribution is -2.22. The molecule has 98 valence electrons.